The molecular weight excluding hydrogens is 393 g/mol. The predicted molar refractivity (Wildman–Crippen MR) is 105 cm³/mol. The van der Waals surface area contributed by atoms with Crippen LogP contribution in [0.25, 0.3) is 11.4 Å². The number of β-amino-alcohol motifs (C(OH)–C–C–N with tert-alkyl or cyclic N) is 1. The number of aryl methyl sites for hydroxylation is 1. The Labute approximate surface area is 173 Å². The number of aliphatic hydroxyl groups is 1. The molecule has 2 aromatic rings. The molecule has 3 rings (SSSR count). The lowest BCUT2D eigenvalue weighted by Gasteiger charge is -2.42. The molecule has 0 spiro atoms. The van der Waals surface area contributed by atoms with Gasteiger partial charge in [-0.25, -0.2) is 4.39 Å². The van der Waals surface area contributed by atoms with Gasteiger partial charge in [-0.1, -0.05) is 13.3 Å². The first-order valence-electron chi connectivity index (χ1n) is 10.1. The molecule has 1 aliphatic heterocycles. The molecule has 2 N–H and O–H groups in total. The van der Waals surface area contributed by atoms with Gasteiger partial charge in [0.15, 0.2) is 0 Å². The van der Waals surface area contributed by atoms with E-state index >= 15 is 0 Å². The fourth-order valence-corrected chi connectivity index (χ4v) is 3.88. The number of carbonyl (C=O) groups excluding carboxylic acids is 1. The number of aliphatic carboxylic acids is 1. The van der Waals surface area contributed by atoms with Gasteiger partial charge >= 0.3 is 5.97 Å². The number of piperidine rings is 1. The lowest BCUT2D eigenvalue weighted by Crippen LogP contribution is -2.56. The van der Waals surface area contributed by atoms with E-state index in [4.69, 9.17) is 0 Å². The monoisotopic (exact) mass is 419 g/mol. The third-order valence-corrected chi connectivity index (χ3v) is 5.64. The Balaban J connectivity index is 1.50. The smallest absolute Gasteiger partial charge is 0.312 e. The van der Waals surface area contributed by atoms with Crippen molar-refractivity contribution in [3.63, 3.8) is 0 Å². The summed E-state index contributed by atoms with van der Waals surface area (Å²) in [4.78, 5) is 27.1. The van der Waals surface area contributed by atoms with E-state index in [9.17, 15) is 24.2 Å². The molecule has 9 nitrogen and oxygen atoms in total. The number of benzene rings is 1. The van der Waals surface area contributed by atoms with E-state index in [0.717, 1.165) is 0 Å². The van der Waals surface area contributed by atoms with Crippen LogP contribution in [0.15, 0.2) is 24.3 Å². The number of carboxylic acids is 1. The van der Waals surface area contributed by atoms with Crippen molar-refractivity contribution in [2.24, 2.45) is 5.41 Å². The second-order valence-electron chi connectivity index (χ2n) is 7.64. The standard InChI is InChI=1S/C20H26FN5O4/c1-2-9-20(19(29)30)10-12-25(13-16(20)27)17(28)4-3-11-26-23-18(22-24-26)14-5-7-15(21)8-6-14/h5-8,16,27H,2-4,9-13H2,1H3,(H,29,30)/t16-,20-/m0/s1. The highest BCUT2D eigenvalue weighted by Crippen LogP contribution is 2.37. The normalized spacial score (nSPS) is 21.6. The van der Waals surface area contributed by atoms with Crippen molar-refractivity contribution in [2.75, 3.05) is 13.1 Å². The number of carbonyl (C=O) groups is 2. The molecule has 30 heavy (non-hydrogen) atoms. The number of carboxylic acid groups (broad SMARTS) is 1. The minimum absolute atomic E-state index is 0.0292. The summed E-state index contributed by atoms with van der Waals surface area (Å²) >= 11 is 0. The summed E-state index contributed by atoms with van der Waals surface area (Å²) in [6, 6.07) is 5.78. The van der Waals surface area contributed by atoms with Crippen molar-refractivity contribution in [1.29, 1.82) is 0 Å². The van der Waals surface area contributed by atoms with Gasteiger partial charge in [0.05, 0.1) is 18.1 Å². The average molecular weight is 419 g/mol. The zero-order valence-electron chi connectivity index (χ0n) is 16.9. The number of halogens is 1. The molecule has 1 amide bonds. The lowest BCUT2D eigenvalue weighted by atomic mass is 9.72. The summed E-state index contributed by atoms with van der Waals surface area (Å²) in [7, 11) is 0. The van der Waals surface area contributed by atoms with E-state index in [0.29, 0.717) is 43.7 Å². The van der Waals surface area contributed by atoms with Gasteiger partial charge < -0.3 is 15.1 Å². The molecule has 0 unspecified atom stereocenters. The van der Waals surface area contributed by atoms with Crippen LogP contribution >= 0.6 is 0 Å². The first-order valence-corrected chi connectivity index (χ1v) is 10.1. The second-order valence-corrected chi connectivity index (χ2v) is 7.64. The largest absolute Gasteiger partial charge is 0.481 e. The minimum atomic E-state index is -1.17. The number of hydrogen-bond donors (Lipinski definition) is 2. The van der Waals surface area contributed by atoms with E-state index in [1.54, 1.807) is 12.1 Å². The molecule has 10 heteroatoms. The molecule has 0 aliphatic carbocycles. The molecule has 1 aromatic heterocycles. The molecule has 0 saturated carbocycles. The van der Waals surface area contributed by atoms with Crippen LogP contribution in [0.3, 0.4) is 0 Å². The summed E-state index contributed by atoms with van der Waals surface area (Å²) < 4.78 is 13.0. The third kappa shape index (κ3) is 4.64. The van der Waals surface area contributed by atoms with Crippen LogP contribution in [0.1, 0.15) is 39.0 Å². The Kier molecular flexibility index (Phi) is 6.76. The maximum atomic E-state index is 13.0. The van der Waals surface area contributed by atoms with Crippen LogP contribution in [0.4, 0.5) is 4.39 Å². The van der Waals surface area contributed by atoms with Gasteiger partial charge in [0.25, 0.3) is 0 Å². The highest BCUT2D eigenvalue weighted by Gasteiger charge is 2.48. The predicted octanol–water partition coefficient (Wildman–Crippen LogP) is 1.72. The van der Waals surface area contributed by atoms with Crippen LogP contribution in [-0.2, 0) is 16.1 Å². The number of amides is 1. The van der Waals surface area contributed by atoms with Crippen LogP contribution in [0.5, 0.6) is 0 Å². The molecule has 162 valence electrons. The molecular formula is C20H26FN5O4. The highest BCUT2D eigenvalue weighted by molar-refractivity contribution is 5.79. The summed E-state index contributed by atoms with van der Waals surface area (Å²) in [5.41, 5.74) is -0.526. The Bertz CT molecular complexity index is 888. The molecule has 0 bridgehead atoms. The number of aromatic nitrogens is 4. The quantitative estimate of drug-likeness (QED) is 0.668. The molecule has 2 heterocycles. The Morgan fingerprint density at radius 2 is 2.03 bits per heavy atom. The molecule has 1 aliphatic rings. The Morgan fingerprint density at radius 3 is 2.67 bits per heavy atom. The summed E-state index contributed by atoms with van der Waals surface area (Å²) in [6.45, 7) is 2.61. The molecule has 1 saturated heterocycles. The second kappa shape index (κ2) is 9.29. The molecule has 1 aromatic carbocycles. The first kappa shape index (κ1) is 21.8. The SMILES string of the molecule is CCC[C@]1(C(=O)O)CCN(C(=O)CCCn2nnc(-c3ccc(F)cc3)n2)C[C@@H]1O. The molecule has 0 radical (unpaired) electrons. The summed E-state index contributed by atoms with van der Waals surface area (Å²) in [5, 5.41) is 32.1. The van der Waals surface area contributed by atoms with E-state index in [1.165, 1.54) is 21.8 Å². The van der Waals surface area contributed by atoms with E-state index in [1.807, 2.05) is 6.92 Å². The fourth-order valence-electron chi connectivity index (χ4n) is 3.88. The van der Waals surface area contributed by atoms with Gasteiger partial charge in [-0.05, 0) is 48.7 Å². The van der Waals surface area contributed by atoms with Crippen LogP contribution < -0.4 is 0 Å². The number of likely N-dealkylation sites (tertiary alicyclic amines) is 1. The van der Waals surface area contributed by atoms with Gasteiger partial charge in [0.2, 0.25) is 11.7 Å². The molecule has 2 atom stereocenters. The van der Waals surface area contributed by atoms with Crippen molar-refractivity contribution in [1.82, 2.24) is 25.1 Å². The van der Waals surface area contributed by atoms with Crippen molar-refractivity contribution >= 4 is 11.9 Å². The Hall–Kier alpha value is -2.88. The van der Waals surface area contributed by atoms with E-state index in [-0.39, 0.29) is 31.1 Å². The number of aliphatic hydroxyl groups excluding tert-OH is 1. The molecule has 1 fully saturated rings. The maximum absolute atomic E-state index is 13.0. The van der Waals surface area contributed by atoms with Crippen molar-refractivity contribution < 1.29 is 24.2 Å². The number of hydrogen-bond acceptors (Lipinski definition) is 6. The Morgan fingerprint density at radius 1 is 1.30 bits per heavy atom. The minimum Gasteiger partial charge on any atom is -0.481 e. The number of tetrazole rings is 1. The average Bonchev–Trinajstić information content (AvgIpc) is 3.18. The summed E-state index contributed by atoms with van der Waals surface area (Å²) in [5.74, 6) is -1.11. The zero-order valence-corrected chi connectivity index (χ0v) is 16.9. The lowest BCUT2D eigenvalue weighted by molar-refractivity contribution is -0.167. The van der Waals surface area contributed by atoms with E-state index in [2.05, 4.69) is 15.4 Å². The fraction of sp³-hybridized carbons (Fsp3) is 0.550. The van der Waals surface area contributed by atoms with Crippen molar-refractivity contribution in [3.05, 3.63) is 30.1 Å². The van der Waals surface area contributed by atoms with E-state index < -0.39 is 17.5 Å². The van der Waals surface area contributed by atoms with Crippen LogP contribution in [0, 0.1) is 11.2 Å². The van der Waals surface area contributed by atoms with Crippen molar-refractivity contribution in [3.8, 4) is 11.4 Å². The maximum Gasteiger partial charge on any atom is 0.312 e. The van der Waals surface area contributed by atoms with Gasteiger partial charge in [-0.15, -0.1) is 10.2 Å². The van der Waals surface area contributed by atoms with Gasteiger partial charge in [-0.3, -0.25) is 9.59 Å². The zero-order chi connectivity index (χ0) is 21.7. The van der Waals surface area contributed by atoms with Crippen LogP contribution in [-0.4, -0.2) is 66.4 Å². The summed E-state index contributed by atoms with van der Waals surface area (Å²) in [6.07, 6.45) is 0.914. The van der Waals surface area contributed by atoms with Gasteiger partial charge in [0, 0.05) is 25.1 Å². The van der Waals surface area contributed by atoms with Crippen molar-refractivity contribution in [2.45, 2.75) is 51.7 Å². The van der Waals surface area contributed by atoms with Gasteiger partial charge in [0.1, 0.15) is 5.82 Å². The topological polar surface area (TPSA) is 121 Å². The van der Waals surface area contributed by atoms with Crippen LogP contribution in [0.2, 0.25) is 0 Å². The number of nitrogens with zero attached hydrogens (tertiary/aromatic N) is 5. The third-order valence-electron chi connectivity index (χ3n) is 5.64. The number of rotatable bonds is 8. The first-order chi connectivity index (χ1) is 14.4. The van der Waals surface area contributed by atoms with Gasteiger partial charge in [-0.2, -0.15) is 4.80 Å². The highest BCUT2D eigenvalue weighted by atomic mass is 19.1.